The molecule has 1 fully saturated rings. The zero-order valence-corrected chi connectivity index (χ0v) is 13.7. The molecule has 0 spiro atoms. The van der Waals surface area contributed by atoms with Crippen molar-refractivity contribution in [3.8, 4) is 0 Å². The highest BCUT2D eigenvalue weighted by Gasteiger charge is 2.33. The van der Waals surface area contributed by atoms with E-state index in [1.165, 1.54) is 5.56 Å². The second-order valence-corrected chi connectivity index (χ2v) is 6.67. The molecule has 0 saturated carbocycles. The van der Waals surface area contributed by atoms with Crippen LogP contribution in [-0.4, -0.2) is 31.1 Å². The van der Waals surface area contributed by atoms with E-state index in [0.717, 1.165) is 5.56 Å². The summed E-state index contributed by atoms with van der Waals surface area (Å²) in [6, 6.07) is 8.12. The van der Waals surface area contributed by atoms with Crippen LogP contribution in [0.4, 0.5) is 0 Å². The van der Waals surface area contributed by atoms with E-state index in [1.807, 2.05) is 12.1 Å². The lowest BCUT2D eigenvalue weighted by atomic mass is 9.87. The summed E-state index contributed by atoms with van der Waals surface area (Å²) in [5, 5.41) is 3.97. The monoisotopic (exact) mass is 304 g/mol. The fraction of sp³-hybridized carbons (Fsp3) is 0.529. The molecule has 0 unspecified atom stereocenters. The molecule has 1 saturated heterocycles. The topological polar surface area (TPSA) is 59.9 Å². The molecule has 120 valence electrons. The molecule has 1 aliphatic rings. The van der Waals surface area contributed by atoms with Crippen molar-refractivity contribution in [2.45, 2.75) is 45.3 Å². The van der Waals surface area contributed by atoms with Crippen LogP contribution in [0, 0.1) is 0 Å². The van der Waals surface area contributed by atoms with Gasteiger partial charge in [0.2, 0.25) is 5.91 Å². The number of rotatable bonds is 4. The van der Waals surface area contributed by atoms with Gasteiger partial charge in [-0.15, -0.1) is 0 Å². The summed E-state index contributed by atoms with van der Waals surface area (Å²) in [6.45, 7) is 9.31. The van der Waals surface area contributed by atoms with E-state index >= 15 is 0 Å². The highest BCUT2D eigenvalue weighted by atomic mass is 16.7. The average molecular weight is 304 g/mol. The summed E-state index contributed by atoms with van der Waals surface area (Å²) in [6.07, 6.45) is 1.76. The molecule has 1 aromatic rings. The molecule has 0 aromatic heterocycles. The molecule has 5 nitrogen and oxygen atoms in total. The van der Waals surface area contributed by atoms with Crippen LogP contribution in [0.5, 0.6) is 0 Å². The molecule has 5 heteroatoms. The molecule has 22 heavy (non-hydrogen) atoms. The number of amides is 1. The first-order chi connectivity index (χ1) is 10.3. The van der Waals surface area contributed by atoms with E-state index in [0.29, 0.717) is 13.2 Å². The van der Waals surface area contributed by atoms with Gasteiger partial charge in [0.1, 0.15) is 0 Å². The maximum absolute atomic E-state index is 11.8. The van der Waals surface area contributed by atoms with E-state index in [2.05, 4.69) is 43.4 Å². The number of nitrogens with zero attached hydrogens (tertiary/aromatic N) is 1. The second kappa shape index (κ2) is 6.58. The van der Waals surface area contributed by atoms with Gasteiger partial charge in [-0.25, -0.2) is 5.43 Å². The Balaban J connectivity index is 1.85. The summed E-state index contributed by atoms with van der Waals surface area (Å²) < 4.78 is 10.8. The third-order valence-corrected chi connectivity index (χ3v) is 3.56. The molecule has 0 radical (unpaired) electrons. The number of hydrogen-bond donors (Lipinski definition) is 1. The minimum Gasteiger partial charge on any atom is -0.347 e. The third-order valence-electron chi connectivity index (χ3n) is 3.56. The normalized spacial score (nSPS) is 17.8. The zero-order valence-electron chi connectivity index (χ0n) is 13.7. The van der Waals surface area contributed by atoms with Gasteiger partial charge in [-0.05, 0) is 23.5 Å². The number of benzene rings is 1. The van der Waals surface area contributed by atoms with Gasteiger partial charge in [-0.2, -0.15) is 5.10 Å². The Morgan fingerprint density at radius 3 is 2.41 bits per heavy atom. The van der Waals surface area contributed by atoms with Gasteiger partial charge in [-0.1, -0.05) is 45.0 Å². The lowest BCUT2D eigenvalue weighted by molar-refractivity contribution is -0.159. The number of ether oxygens (including phenoxy) is 2. The fourth-order valence-corrected chi connectivity index (χ4v) is 2.24. The van der Waals surface area contributed by atoms with Crippen LogP contribution in [0.25, 0.3) is 0 Å². The first-order valence-corrected chi connectivity index (χ1v) is 7.49. The van der Waals surface area contributed by atoms with Gasteiger partial charge in [0.25, 0.3) is 0 Å². The van der Waals surface area contributed by atoms with Crippen LogP contribution in [0.3, 0.4) is 0 Å². The van der Waals surface area contributed by atoms with Crippen molar-refractivity contribution in [1.82, 2.24) is 5.43 Å². The Bertz CT molecular complexity index is 538. The summed E-state index contributed by atoms with van der Waals surface area (Å²) in [7, 11) is 0. The lowest BCUT2D eigenvalue weighted by Gasteiger charge is -2.20. The number of hydrazone groups is 1. The minimum atomic E-state index is -0.825. The van der Waals surface area contributed by atoms with Gasteiger partial charge in [0, 0.05) is 0 Å². The first-order valence-electron chi connectivity index (χ1n) is 7.49. The lowest BCUT2D eigenvalue weighted by Crippen LogP contribution is -2.33. The smallest absolute Gasteiger partial charge is 0.245 e. The van der Waals surface area contributed by atoms with E-state index in [9.17, 15) is 4.79 Å². The fourth-order valence-electron chi connectivity index (χ4n) is 2.24. The van der Waals surface area contributed by atoms with Crippen molar-refractivity contribution in [2.75, 3.05) is 13.2 Å². The predicted molar refractivity (Wildman–Crippen MR) is 85.8 cm³/mol. The Morgan fingerprint density at radius 2 is 1.86 bits per heavy atom. The van der Waals surface area contributed by atoms with E-state index in [-0.39, 0.29) is 17.7 Å². The van der Waals surface area contributed by atoms with Gasteiger partial charge in [-0.3, -0.25) is 4.79 Å². The minimum absolute atomic E-state index is 0.126. The average Bonchev–Trinajstić information content (AvgIpc) is 2.84. The van der Waals surface area contributed by atoms with Crippen molar-refractivity contribution in [2.24, 2.45) is 5.10 Å². The van der Waals surface area contributed by atoms with Gasteiger partial charge in [0.15, 0.2) is 5.79 Å². The van der Waals surface area contributed by atoms with Crippen LogP contribution >= 0.6 is 0 Å². The van der Waals surface area contributed by atoms with Crippen molar-refractivity contribution in [3.63, 3.8) is 0 Å². The Labute approximate surface area is 131 Å². The van der Waals surface area contributed by atoms with Crippen LogP contribution in [-0.2, 0) is 19.7 Å². The Hall–Kier alpha value is -1.72. The number of carbonyl (C=O) groups is 1. The molecule has 0 atom stereocenters. The molecular weight excluding hydrogens is 280 g/mol. The van der Waals surface area contributed by atoms with Crippen molar-refractivity contribution in [3.05, 3.63) is 35.4 Å². The summed E-state index contributed by atoms with van der Waals surface area (Å²) in [5.74, 6) is -1.06. The van der Waals surface area contributed by atoms with E-state index in [4.69, 9.17) is 9.47 Å². The summed E-state index contributed by atoms with van der Waals surface area (Å²) in [5.41, 5.74) is 4.82. The molecule has 1 N–H and O–H groups in total. The summed E-state index contributed by atoms with van der Waals surface area (Å²) in [4.78, 5) is 11.8. The molecule has 1 aliphatic heterocycles. The predicted octanol–water partition coefficient (Wildman–Crippen LogP) is 2.59. The van der Waals surface area contributed by atoms with Crippen LogP contribution in [0.15, 0.2) is 29.4 Å². The highest BCUT2D eigenvalue weighted by molar-refractivity contribution is 5.82. The number of hydrogen-bond acceptors (Lipinski definition) is 4. The maximum atomic E-state index is 11.8. The molecule has 0 bridgehead atoms. The number of nitrogens with one attached hydrogen (secondary N) is 1. The maximum Gasteiger partial charge on any atom is 0.245 e. The Kier molecular flexibility index (Phi) is 4.98. The van der Waals surface area contributed by atoms with Crippen molar-refractivity contribution < 1.29 is 14.3 Å². The van der Waals surface area contributed by atoms with Crippen LogP contribution in [0.2, 0.25) is 0 Å². The zero-order chi connectivity index (χ0) is 16.2. The van der Waals surface area contributed by atoms with Crippen LogP contribution < -0.4 is 5.43 Å². The standard InChI is InChI=1S/C17H24N2O3/c1-16(2,3)14-7-5-13(6-8-14)12-18-19-15(20)11-17(4)21-9-10-22-17/h5-8,12H,9-11H2,1-4H3,(H,19,20)/b18-12+. The summed E-state index contributed by atoms with van der Waals surface area (Å²) >= 11 is 0. The molecule has 2 rings (SSSR count). The van der Waals surface area contributed by atoms with E-state index in [1.54, 1.807) is 13.1 Å². The van der Waals surface area contributed by atoms with Crippen LogP contribution in [0.1, 0.15) is 45.2 Å². The van der Waals surface area contributed by atoms with E-state index < -0.39 is 5.79 Å². The SMILES string of the molecule is CC1(CC(=O)N/N=C/c2ccc(C(C)(C)C)cc2)OCCO1. The first kappa shape index (κ1) is 16.6. The molecular formula is C17H24N2O3. The molecule has 1 heterocycles. The van der Waals surface area contributed by atoms with Crippen molar-refractivity contribution in [1.29, 1.82) is 0 Å². The molecule has 1 amide bonds. The van der Waals surface area contributed by atoms with Gasteiger partial charge < -0.3 is 9.47 Å². The largest absolute Gasteiger partial charge is 0.347 e. The number of carbonyl (C=O) groups excluding carboxylic acids is 1. The molecule has 0 aliphatic carbocycles. The van der Waals surface area contributed by atoms with Crippen molar-refractivity contribution >= 4 is 12.1 Å². The van der Waals surface area contributed by atoms with Gasteiger partial charge >= 0.3 is 0 Å². The highest BCUT2D eigenvalue weighted by Crippen LogP contribution is 2.22. The Morgan fingerprint density at radius 1 is 1.27 bits per heavy atom. The van der Waals surface area contributed by atoms with Gasteiger partial charge in [0.05, 0.1) is 25.8 Å². The third kappa shape index (κ3) is 4.64. The second-order valence-electron chi connectivity index (χ2n) is 6.67. The molecule has 1 aromatic carbocycles. The quantitative estimate of drug-likeness (QED) is 0.687.